The zero-order chi connectivity index (χ0) is 24.0. The van der Waals surface area contributed by atoms with Crippen molar-refractivity contribution in [3.63, 3.8) is 0 Å². The molecule has 1 amide bonds. The summed E-state index contributed by atoms with van der Waals surface area (Å²) in [6.45, 7) is 13.4. The van der Waals surface area contributed by atoms with Crippen molar-refractivity contribution in [3.8, 4) is 0 Å². The molecular weight excluding hydrogens is 412 g/mol. The second-order valence-electron chi connectivity index (χ2n) is 8.56. The minimum atomic E-state index is -0.240. The Hall–Kier alpha value is -3.13. The molecule has 2 heterocycles. The molecule has 1 atom stereocenters. The molecule has 1 aromatic carbocycles. The molecule has 1 unspecified atom stereocenters. The van der Waals surface area contributed by atoms with E-state index in [2.05, 4.69) is 29.5 Å². The van der Waals surface area contributed by atoms with Crippen molar-refractivity contribution in [3.05, 3.63) is 59.5 Å². The second kappa shape index (κ2) is 11.1. The van der Waals surface area contributed by atoms with Gasteiger partial charge in [0.15, 0.2) is 0 Å². The van der Waals surface area contributed by atoms with Crippen LogP contribution < -0.4 is 4.90 Å². The number of hydrogen-bond acceptors (Lipinski definition) is 4. The van der Waals surface area contributed by atoms with Gasteiger partial charge in [0.25, 0.3) is 5.91 Å². The summed E-state index contributed by atoms with van der Waals surface area (Å²) in [6, 6.07) is 5.75. The molecule has 5 nitrogen and oxygen atoms in total. The van der Waals surface area contributed by atoms with Crippen LogP contribution in [0.5, 0.6) is 0 Å². The third-order valence-electron chi connectivity index (χ3n) is 6.84. The number of carbonyl (C=O) groups excluding carboxylic acids is 3. The van der Waals surface area contributed by atoms with Gasteiger partial charge in [0.2, 0.25) is 0 Å². The maximum atomic E-state index is 13.5. The number of fused-ring (bicyclic) bond motifs is 1. The Kier molecular flexibility index (Phi) is 8.27. The number of aldehydes is 1. The van der Waals surface area contributed by atoms with Gasteiger partial charge >= 0.3 is 0 Å². The van der Waals surface area contributed by atoms with Gasteiger partial charge in [-0.2, -0.15) is 0 Å². The normalized spacial score (nSPS) is 21.0. The van der Waals surface area contributed by atoms with Crippen molar-refractivity contribution in [1.29, 1.82) is 0 Å². The molecular formula is C28H36N2O3. The summed E-state index contributed by atoms with van der Waals surface area (Å²) >= 11 is 0. The summed E-state index contributed by atoms with van der Waals surface area (Å²) in [7, 11) is 0. The van der Waals surface area contributed by atoms with Gasteiger partial charge in [0.1, 0.15) is 12.1 Å². The minimum Gasteiger partial charge on any atom is -0.371 e. The third-order valence-corrected chi connectivity index (χ3v) is 6.84. The summed E-state index contributed by atoms with van der Waals surface area (Å²) in [5, 5.41) is 0. The Morgan fingerprint density at radius 2 is 1.76 bits per heavy atom. The fraction of sp³-hybridized carbons (Fsp3) is 0.464. The van der Waals surface area contributed by atoms with Crippen LogP contribution in [-0.2, 0) is 9.59 Å². The predicted octanol–water partition coefficient (Wildman–Crippen LogP) is 5.57. The van der Waals surface area contributed by atoms with Gasteiger partial charge < -0.3 is 9.69 Å². The van der Waals surface area contributed by atoms with Gasteiger partial charge in [0, 0.05) is 45.0 Å². The largest absolute Gasteiger partial charge is 0.371 e. The lowest BCUT2D eigenvalue weighted by molar-refractivity contribution is -0.119. The zero-order valence-corrected chi connectivity index (χ0v) is 19.9. The van der Waals surface area contributed by atoms with Crippen LogP contribution in [0.2, 0.25) is 0 Å². The molecule has 5 heteroatoms. The van der Waals surface area contributed by atoms with Crippen molar-refractivity contribution < 1.29 is 15.8 Å². The molecule has 0 spiro atoms. The Labute approximate surface area is 198 Å². The quantitative estimate of drug-likeness (QED) is 0.343. The fourth-order valence-electron chi connectivity index (χ4n) is 5.04. The number of nitrogens with zero attached hydrogens (tertiary/aromatic N) is 2. The minimum absolute atomic E-state index is 0. The van der Waals surface area contributed by atoms with E-state index in [1.54, 1.807) is 4.90 Å². The van der Waals surface area contributed by atoms with Gasteiger partial charge in [-0.05, 0) is 55.4 Å². The number of hydrogen-bond donors (Lipinski definition) is 0. The van der Waals surface area contributed by atoms with E-state index in [9.17, 15) is 14.4 Å². The summed E-state index contributed by atoms with van der Waals surface area (Å²) in [5.74, 6) is 0.590. The van der Waals surface area contributed by atoms with Gasteiger partial charge in [-0.25, -0.2) is 0 Å². The molecule has 1 saturated heterocycles. The van der Waals surface area contributed by atoms with Gasteiger partial charge in [-0.15, -0.1) is 11.5 Å². The van der Waals surface area contributed by atoms with Crippen LogP contribution in [0.4, 0.5) is 5.69 Å². The number of benzene rings is 1. The summed E-state index contributed by atoms with van der Waals surface area (Å²) in [4.78, 5) is 40.4. The molecule has 1 saturated carbocycles. The van der Waals surface area contributed by atoms with Crippen molar-refractivity contribution in [1.82, 2.24) is 4.90 Å². The highest BCUT2D eigenvalue weighted by Gasteiger charge is 2.39. The molecule has 2 aliphatic heterocycles. The Bertz CT molecular complexity index is 1030. The number of ketones is 1. The van der Waals surface area contributed by atoms with Crippen LogP contribution in [0, 0.1) is 5.92 Å². The van der Waals surface area contributed by atoms with E-state index in [0.29, 0.717) is 49.3 Å². The number of carbonyl (C=O) groups is 3. The highest BCUT2D eigenvalue weighted by atomic mass is 16.2. The molecule has 1 aromatic rings. The second-order valence-corrected chi connectivity index (χ2v) is 8.56. The van der Waals surface area contributed by atoms with E-state index >= 15 is 0 Å². The maximum Gasteiger partial charge on any atom is 0.260 e. The average molecular weight is 449 g/mol. The first-order chi connectivity index (χ1) is 16.1. The molecule has 0 aromatic heterocycles. The Morgan fingerprint density at radius 1 is 1.03 bits per heavy atom. The standard InChI is InChI=1S/C26H28N2O3.C2H6.H2/c1-3-19-5-7-21(30)8-10-25(19)28-24(4-2)22-9-6-20(17-23(22)26(28)31)27-14-11-18(12-15-27)13-16-29;1-2;/h6,9,16-18,25H,1-2,5,7-8,10-15H2;1-2H3;1H. The Morgan fingerprint density at radius 3 is 2.39 bits per heavy atom. The van der Waals surface area contributed by atoms with Crippen molar-refractivity contribution in [2.45, 2.75) is 64.8 Å². The van der Waals surface area contributed by atoms with Crippen molar-refractivity contribution in [2.75, 3.05) is 18.0 Å². The van der Waals surface area contributed by atoms with Gasteiger partial charge in [0.05, 0.1) is 17.3 Å². The average Bonchev–Trinajstić information content (AvgIpc) is 2.99. The summed E-state index contributed by atoms with van der Waals surface area (Å²) in [5.41, 5.74) is 10.0. The fourth-order valence-corrected chi connectivity index (χ4v) is 5.04. The number of rotatable bonds is 4. The molecule has 4 rings (SSSR count). The molecule has 176 valence electrons. The van der Waals surface area contributed by atoms with Crippen LogP contribution in [0.15, 0.2) is 48.4 Å². The smallest absolute Gasteiger partial charge is 0.260 e. The summed E-state index contributed by atoms with van der Waals surface area (Å²) in [6.07, 6.45) is 5.68. The molecule has 0 radical (unpaired) electrons. The number of amides is 1. The third kappa shape index (κ3) is 4.95. The topological polar surface area (TPSA) is 57.7 Å². The molecule has 3 aliphatic rings. The monoisotopic (exact) mass is 448 g/mol. The lowest BCUT2D eigenvalue weighted by atomic mass is 9.93. The molecule has 2 fully saturated rings. The first-order valence-electron chi connectivity index (χ1n) is 12.0. The predicted molar refractivity (Wildman–Crippen MR) is 134 cm³/mol. The zero-order valence-electron chi connectivity index (χ0n) is 19.9. The molecule has 0 bridgehead atoms. The molecule has 0 N–H and O–H groups in total. The lowest BCUT2D eigenvalue weighted by Gasteiger charge is -2.33. The first-order valence-corrected chi connectivity index (χ1v) is 12.0. The Balaban J connectivity index is 0.00000133. The highest BCUT2D eigenvalue weighted by Crippen LogP contribution is 2.40. The van der Waals surface area contributed by atoms with Gasteiger partial charge in [-0.1, -0.05) is 27.0 Å². The summed E-state index contributed by atoms with van der Waals surface area (Å²) < 4.78 is 0. The lowest BCUT2D eigenvalue weighted by Crippen LogP contribution is -2.36. The number of piperidine rings is 1. The van der Waals surface area contributed by atoms with E-state index in [-0.39, 0.29) is 19.2 Å². The number of anilines is 1. The van der Waals surface area contributed by atoms with E-state index in [1.807, 2.05) is 32.0 Å². The number of Topliss-reactive ketones (excluding diaryl/α,β-unsaturated/α-hetero) is 1. The van der Waals surface area contributed by atoms with Crippen molar-refractivity contribution >= 4 is 29.4 Å². The van der Waals surface area contributed by atoms with Crippen LogP contribution in [0.25, 0.3) is 5.70 Å². The van der Waals surface area contributed by atoms with E-state index in [4.69, 9.17) is 0 Å². The molecule has 1 aliphatic carbocycles. The van der Waals surface area contributed by atoms with E-state index < -0.39 is 0 Å². The molecule has 33 heavy (non-hydrogen) atoms. The first kappa shape index (κ1) is 24.5. The van der Waals surface area contributed by atoms with Crippen LogP contribution in [0.1, 0.15) is 76.1 Å². The van der Waals surface area contributed by atoms with E-state index in [0.717, 1.165) is 49.0 Å². The SMILES string of the molecule is C=C=C1CCC(=O)CCC1N1C(=O)c2cc(N3CCC(CC=O)CC3)ccc2C1=C=C.CC.[HH]. The maximum absolute atomic E-state index is 13.5. The van der Waals surface area contributed by atoms with E-state index in [1.165, 1.54) is 0 Å². The van der Waals surface area contributed by atoms with Crippen molar-refractivity contribution in [2.24, 2.45) is 5.92 Å². The van der Waals surface area contributed by atoms with Crippen LogP contribution >= 0.6 is 0 Å². The van der Waals surface area contributed by atoms with Crippen LogP contribution in [0.3, 0.4) is 0 Å². The van der Waals surface area contributed by atoms with Crippen LogP contribution in [-0.4, -0.2) is 42.0 Å². The van der Waals surface area contributed by atoms with Gasteiger partial charge in [-0.3, -0.25) is 14.5 Å². The highest BCUT2D eigenvalue weighted by molar-refractivity contribution is 6.10.